The first-order valence-electron chi connectivity index (χ1n) is 14.2. The molecular formula is C31H39NO9S. The molecule has 0 aromatic heterocycles. The molecule has 4 heterocycles. The molecule has 0 amide bonds. The molecule has 10 nitrogen and oxygen atoms in total. The molecule has 3 fully saturated rings. The number of fused-ring (bicyclic) bond motifs is 1. The molecule has 4 aliphatic rings. The van der Waals surface area contributed by atoms with Gasteiger partial charge in [0.2, 0.25) is 15.8 Å². The van der Waals surface area contributed by atoms with Gasteiger partial charge in [-0.25, -0.2) is 8.42 Å². The quantitative estimate of drug-likeness (QED) is 0.476. The molecule has 2 aromatic carbocycles. The Labute approximate surface area is 247 Å². The van der Waals surface area contributed by atoms with Crippen molar-refractivity contribution in [3.8, 4) is 5.75 Å². The second kappa shape index (κ2) is 10.3. The topological polar surface area (TPSA) is 102 Å². The van der Waals surface area contributed by atoms with Crippen LogP contribution in [0.25, 0.3) is 0 Å². The van der Waals surface area contributed by atoms with E-state index in [0.29, 0.717) is 11.5 Å². The van der Waals surface area contributed by atoms with Crippen LogP contribution in [0.15, 0.2) is 65.3 Å². The van der Waals surface area contributed by atoms with Gasteiger partial charge in [0.15, 0.2) is 17.7 Å². The Morgan fingerprint density at radius 2 is 1.62 bits per heavy atom. The standard InChI is InChI=1S/C31H39NO9S/c1-19-8-14-23(15-9-19)42(33,34)32-20(2)25(16-24(32)21-10-12-22(35-7)13-11-21)38-28-27-26(39-30(5,6)40-27)17-36-31(28)18-37-29(3,4)41-31/h8-16,20,24,26-28H,17-18H2,1-7H3/t20-,24-,26-,27-,28+,31+/m1/s1. The van der Waals surface area contributed by atoms with Gasteiger partial charge in [-0.3, -0.25) is 0 Å². The van der Waals surface area contributed by atoms with E-state index in [2.05, 4.69) is 0 Å². The molecule has 1 spiro atoms. The van der Waals surface area contributed by atoms with Crippen LogP contribution < -0.4 is 4.74 Å². The summed E-state index contributed by atoms with van der Waals surface area (Å²) in [5.74, 6) is -1.91. The molecule has 228 valence electrons. The number of methoxy groups -OCH3 is 1. The van der Waals surface area contributed by atoms with Gasteiger partial charge in [0.1, 0.15) is 30.3 Å². The van der Waals surface area contributed by atoms with Gasteiger partial charge >= 0.3 is 0 Å². The third kappa shape index (κ3) is 5.15. The second-order valence-corrected chi connectivity index (χ2v) is 14.0. The van der Waals surface area contributed by atoms with Crippen LogP contribution in [0.3, 0.4) is 0 Å². The van der Waals surface area contributed by atoms with Gasteiger partial charge in [-0.15, -0.1) is 0 Å². The van der Waals surface area contributed by atoms with E-state index in [9.17, 15) is 8.42 Å². The highest BCUT2D eigenvalue weighted by atomic mass is 32.2. The molecule has 0 saturated carbocycles. The van der Waals surface area contributed by atoms with Crippen LogP contribution in [0, 0.1) is 6.92 Å². The summed E-state index contributed by atoms with van der Waals surface area (Å²) in [6.45, 7) is 11.4. The van der Waals surface area contributed by atoms with Crippen LogP contribution in [0.2, 0.25) is 0 Å². The van der Waals surface area contributed by atoms with Crippen LogP contribution in [0.4, 0.5) is 0 Å². The van der Waals surface area contributed by atoms with E-state index in [0.717, 1.165) is 11.1 Å². The third-order valence-electron chi connectivity index (χ3n) is 8.19. The average Bonchev–Trinajstić information content (AvgIpc) is 3.55. The summed E-state index contributed by atoms with van der Waals surface area (Å²) in [5.41, 5.74) is 1.74. The molecule has 0 N–H and O–H groups in total. The zero-order valence-corrected chi connectivity index (χ0v) is 25.8. The molecule has 0 bridgehead atoms. The maximum atomic E-state index is 14.2. The van der Waals surface area contributed by atoms with E-state index in [1.165, 1.54) is 4.31 Å². The summed E-state index contributed by atoms with van der Waals surface area (Å²) in [4.78, 5) is 0.203. The van der Waals surface area contributed by atoms with Crippen molar-refractivity contribution in [3.63, 3.8) is 0 Å². The minimum absolute atomic E-state index is 0.118. The fraction of sp³-hybridized carbons (Fsp3) is 0.548. The highest BCUT2D eigenvalue weighted by Gasteiger charge is 2.64. The van der Waals surface area contributed by atoms with Gasteiger partial charge in [-0.05, 0) is 77.4 Å². The maximum absolute atomic E-state index is 14.2. The number of hydrogen-bond donors (Lipinski definition) is 0. The van der Waals surface area contributed by atoms with Crippen molar-refractivity contribution in [2.45, 2.75) is 94.2 Å². The van der Waals surface area contributed by atoms with Crippen molar-refractivity contribution in [2.24, 2.45) is 0 Å². The van der Waals surface area contributed by atoms with Crippen LogP contribution in [0.1, 0.15) is 51.8 Å². The minimum Gasteiger partial charge on any atom is -0.497 e. The van der Waals surface area contributed by atoms with Crippen molar-refractivity contribution < 1.29 is 41.6 Å². The molecule has 6 rings (SSSR count). The van der Waals surface area contributed by atoms with E-state index in [4.69, 9.17) is 33.2 Å². The number of aryl methyl sites for hydroxylation is 1. The van der Waals surface area contributed by atoms with Crippen LogP contribution in [-0.4, -0.2) is 74.8 Å². The Kier molecular flexibility index (Phi) is 7.24. The van der Waals surface area contributed by atoms with Crippen LogP contribution in [-0.2, 0) is 38.4 Å². The molecule has 42 heavy (non-hydrogen) atoms. The van der Waals surface area contributed by atoms with E-state index in [1.807, 2.05) is 71.9 Å². The van der Waals surface area contributed by atoms with Gasteiger partial charge in [0.25, 0.3) is 0 Å². The first-order valence-corrected chi connectivity index (χ1v) is 15.6. The minimum atomic E-state index is -3.95. The lowest BCUT2D eigenvalue weighted by molar-refractivity contribution is -0.329. The molecule has 6 atom stereocenters. The predicted octanol–water partition coefficient (Wildman–Crippen LogP) is 4.44. The molecule has 0 aliphatic carbocycles. The number of benzene rings is 2. The number of nitrogens with zero attached hydrogens (tertiary/aromatic N) is 1. The molecule has 0 radical (unpaired) electrons. The van der Waals surface area contributed by atoms with Crippen LogP contribution in [0.5, 0.6) is 5.75 Å². The lowest BCUT2D eigenvalue weighted by atomic mass is 9.96. The van der Waals surface area contributed by atoms with Crippen molar-refractivity contribution in [3.05, 3.63) is 71.5 Å². The summed E-state index contributed by atoms with van der Waals surface area (Å²) in [6.07, 6.45) is 0.107. The number of sulfonamides is 1. The molecule has 4 aliphatic heterocycles. The average molecular weight is 602 g/mol. The van der Waals surface area contributed by atoms with Crippen molar-refractivity contribution in [1.29, 1.82) is 0 Å². The van der Waals surface area contributed by atoms with Gasteiger partial charge in [0, 0.05) is 0 Å². The van der Waals surface area contributed by atoms with Gasteiger partial charge < -0.3 is 33.2 Å². The lowest BCUT2D eigenvalue weighted by Crippen LogP contribution is -2.62. The molecule has 0 unspecified atom stereocenters. The number of ether oxygens (including phenoxy) is 7. The van der Waals surface area contributed by atoms with Gasteiger partial charge in [-0.1, -0.05) is 29.8 Å². The Bertz CT molecular complexity index is 1450. The summed E-state index contributed by atoms with van der Waals surface area (Å²) in [7, 11) is -2.36. The lowest BCUT2D eigenvalue weighted by Gasteiger charge is -2.44. The smallest absolute Gasteiger partial charge is 0.244 e. The second-order valence-electron chi connectivity index (χ2n) is 12.2. The Morgan fingerprint density at radius 3 is 2.24 bits per heavy atom. The first kappa shape index (κ1) is 29.6. The largest absolute Gasteiger partial charge is 0.497 e. The van der Waals surface area contributed by atoms with Crippen molar-refractivity contribution >= 4 is 10.0 Å². The number of rotatable bonds is 6. The Morgan fingerprint density at radius 1 is 0.929 bits per heavy atom. The predicted molar refractivity (Wildman–Crippen MR) is 152 cm³/mol. The number of hydrogen-bond acceptors (Lipinski definition) is 9. The SMILES string of the molecule is COc1ccc([C@H]2C=C(O[C@H]3[C@@H]4OC(C)(C)O[C@@H]4CO[C@]34COC(C)(C)O4)[C@@H](C)N2S(=O)(=O)c2ccc(C)cc2)cc1. The van der Waals surface area contributed by atoms with E-state index in [1.54, 1.807) is 31.4 Å². The fourth-order valence-electron chi connectivity index (χ4n) is 6.17. The molecule has 3 saturated heterocycles. The molecule has 2 aromatic rings. The van der Waals surface area contributed by atoms with E-state index < -0.39 is 57.8 Å². The first-order chi connectivity index (χ1) is 19.7. The maximum Gasteiger partial charge on any atom is 0.244 e. The third-order valence-corrected chi connectivity index (χ3v) is 10.2. The zero-order valence-electron chi connectivity index (χ0n) is 25.0. The molecule has 11 heteroatoms. The Hall–Kier alpha value is -2.51. The van der Waals surface area contributed by atoms with E-state index >= 15 is 0 Å². The highest BCUT2D eigenvalue weighted by molar-refractivity contribution is 7.89. The normalized spacial score (nSPS) is 33.9. The monoisotopic (exact) mass is 601 g/mol. The van der Waals surface area contributed by atoms with Gasteiger partial charge in [-0.2, -0.15) is 4.31 Å². The summed E-state index contributed by atoms with van der Waals surface area (Å²) >= 11 is 0. The van der Waals surface area contributed by atoms with E-state index in [-0.39, 0.29) is 18.1 Å². The summed E-state index contributed by atoms with van der Waals surface area (Å²) in [5, 5.41) is 0. The fourth-order valence-corrected chi connectivity index (χ4v) is 7.90. The Balaban J connectivity index is 1.40. The van der Waals surface area contributed by atoms with Crippen molar-refractivity contribution in [2.75, 3.05) is 20.3 Å². The summed E-state index contributed by atoms with van der Waals surface area (Å²) in [6, 6.07) is 12.9. The van der Waals surface area contributed by atoms with Crippen LogP contribution >= 0.6 is 0 Å². The van der Waals surface area contributed by atoms with Crippen molar-refractivity contribution in [1.82, 2.24) is 4.31 Å². The van der Waals surface area contributed by atoms with Gasteiger partial charge in [0.05, 0.1) is 30.7 Å². The zero-order chi connectivity index (χ0) is 30.1. The highest BCUT2D eigenvalue weighted by Crippen LogP contribution is 2.48. The summed E-state index contributed by atoms with van der Waals surface area (Å²) < 4.78 is 73.0. The molecular weight excluding hydrogens is 562 g/mol.